The fraction of sp³-hybridized carbons (Fsp3) is 0.909. The first-order valence-corrected chi connectivity index (χ1v) is 7.13. The molecule has 0 aromatic carbocycles. The van der Waals surface area contributed by atoms with Crippen LogP contribution in [0.25, 0.3) is 0 Å². The molecular weight excluding hydrogens is 260 g/mol. The number of amides is 1. The normalized spacial score (nSPS) is 32.9. The SMILES string of the molecule is CC1OCCC1NC(=O)CC1CSCCN1.Cl. The van der Waals surface area contributed by atoms with E-state index >= 15 is 0 Å². The Morgan fingerprint density at radius 1 is 1.59 bits per heavy atom. The molecule has 2 heterocycles. The molecule has 1 amide bonds. The first kappa shape index (κ1) is 15.1. The molecule has 0 radical (unpaired) electrons. The Morgan fingerprint density at radius 3 is 3.00 bits per heavy atom. The number of hydrogen-bond acceptors (Lipinski definition) is 4. The molecule has 0 aromatic heterocycles. The van der Waals surface area contributed by atoms with Gasteiger partial charge in [-0.3, -0.25) is 4.79 Å². The molecule has 2 aliphatic heterocycles. The van der Waals surface area contributed by atoms with Gasteiger partial charge in [0, 0.05) is 37.1 Å². The molecule has 3 atom stereocenters. The van der Waals surface area contributed by atoms with E-state index in [0.717, 1.165) is 31.1 Å². The van der Waals surface area contributed by atoms with Gasteiger partial charge in [-0.1, -0.05) is 0 Å². The summed E-state index contributed by atoms with van der Waals surface area (Å²) in [5.74, 6) is 2.36. The molecule has 2 aliphatic rings. The average molecular weight is 281 g/mol. The van der Waals surface area contributed by atoms with Crippen molar-refractivity contribution >= 4 is 30.1 Å². The molecule has 2 fully saturated rings. The van der Waals surface area contributed by atoms with Gasteiger partial charge in [-0.05, 0) is 13.3 Å². The highest BCUT2D eigenvalue weighted by molar-refractivity contribution is 7.99. The molecular formula is C11H21ClN2O2S. The second-order valence-corrected chi connectivity index (χ2v) is 5.62. The summed E-state index contributed by atoms with van der Waals surface area (Å²) in [6.45, 7) is 3.81. The van der Waals surface area contributed by atoms with Gasteiger partial charge in [0.05, 0.1) is 12.1 Å². The standard InChI is InChI=1S/C11H20N2O2S.ClH/c1-8-10(2-4-15-8)13-11(14)6-9-7-16-5-3-12-9;/h8-10,12H,2-7H2,1H3,(H,13,14);1H. The van der Waals surface area contributed by atoms with Gasteiger partial charge in [-0.25, -0.2) is 0 Å². The third-order valence-corrected chi connectivity index (χ3v) is 4.28. The van der Waals surface area contributed by atoms with Crippen LogP contribution in [0.15, 0.2) is 0 Å². The quantitative estimate of drug-likeness (QED) is 0.803. The first-order valence-electron chi connectivity index (χ1n) is 5.98. The van der Waals surface area contributed by atoms with Crippen LogP contribution < -0.4 is 10.6 Å². The van der Waals surface area contributed by atoms with E-state index in [-0.39, 0.29) is 30.5 Å². The van der Waals surface area contributed by atoms with Crippen molar-refractivity contribution in [1.29, 1.82) is 0 Å². The molecule has 4 nitrogen and oxygen atoms in total. The van der Waals surface area contributed by atoms with E-state index in [9.17, 15) is 4.79 Å². The molecule has 2 saturated heterocycles. The Bertz CT molecular complexity index is 250. The first-order chi connectivity index (χ1) is 7.75. The number of halogens is 1. The summed E-state index contributed by atoms with van der Waals surface area (Å²) in [4.78, 5) is 11.8. The van der Waals surface area contributed by atoms with E-state index in [1.807, 2.05) is 18.7 Å². The lowest BCUT2D eigenvalue weighted by Crippen LogP contribution is -2.45. The van der Waals surface area contributed by atoms with Crippen molar-refractivity contribution in [1.82, 2.24) is 10.6 Å². The van der Waals surface area contributed by atoms with E-state index in [1.54, 1.807) is 0 Å². The molecule has 0 aromatic rings. The molecule has 3 unspecified atom stereocenters. The smallest absolute Gasteiger partial charge is 0.221 e. The Hall–Kier alpha value is 0.0300. The van der Waals surface area contributed by atoms with Gasteiger partial charge in [0.25, 0.3) is 0 Å². The summed E-state index contributed by atoms with van der Waals surface area (Å²) in [7, 11) is 0. The van der Waals surface area contributed by atoms with E-state index < -0.39 is 0 Å². The zero-order chi connectivity index (χ0) is 11.4. The van der Waals surface area contributed by atoms with Crippen LogP contribution in [0.3, 0.4) is 0 Å². The lowest BCUT2D eigenvalue weighted by Gasteiger charge is -2.24. The minimum absolute atomic E-state index is 0. The third kappa shape index (κ3) is 4.66. The third-order valence-electron chi connectivity index (χ3n) is 3.15. The van der Waals surface area contributed by atoms with Crippen LogP contribution in [-0.4, -0.2) is 48.8 Å². The molecule has 0 saturated carbocycles. The number of hydrogen-bond donors (Lipinski definition) is 2. The number of nitrogens with one attached hydrogen (secondary N) is 2. The van der Waals surface area contributed by atoms with Crippen molar-refractivity contribution in [2.45, 2.75) is 38.0 Å². The Balaban J connectivity index is 0.00000144. The maximum absolute atomic E-state index is 11.8. The van der Waals surface area contributed by atoms with Gasteiger partial charge in [0.1, 0.15) is 0 Å². The summed E-state index contributed by atoms with van der Waals surface area (Å²) in [5, 5.41) is 6.44. The number of thioether (sulfide) groups is 1. The predicted molar refractivity (Wildman–Crippen MR) is 72.9 cm³/mol. The topological polar surface area (TPSA) is 50.4 Å². The van der Waals surface area contributed by atoms with Gasteiger partial charge in [0.15, 0.2) is 0 Å². The molecule has 2 N–H and O–H groups in total. The van der Waals surface area contributed by atoms with Crippen molar-refractivity contribution in [3.63, 3.8) is 0 Å². The monoisotopic (exact) mass is 280 g/mol. The van der Waals surface area contributed by atoms with Crippen molar-refractivity contribution in [3.8, 4) is 0 Å². The van der Waals surface area contributed by atoms with Crippen LogP contribution in [0, 0.1) is 0 Å². The molecule has 0 spiro atoms. The summed E-state index contributed by atoms with van der Waals surface area (Å²) in [6, 6.07) is 0.556. The van der Waals surface area contributed by atoms with Gasteiger partial charge < -0.3 is 15.4 Å². The van der Waals surface area contributed by atoms with Crippen LogP contribution in [0.5, 0.6) is 0 Å². The maximum Gasteiger partial charge on any atom is 0.221 e. The van der Waals surface area contributed by atoms with E-state index in [1.165, 1.54) is 0 Å². The number of carbonyl (C=O) groups excluding carboxylic acids is 1. The van der Waals surface area contributed by atoms with E-state index in [2.05, 4.69) is 10.6 Å². The Morgan fingerprint density at radius 2 is 2.41 bits per heavy atom. The van der Waals surface area contributed by atoms with Crippen LogP contribution in [0.2, 0.25) is 0 Å². The summed E-state index contributed by atoms with van der Waals surface area (Å²) < 4.78 is 5.42. The average Bonchev–Trinajstić information content (AvgIpc) is 2.66. The fourth-order valence-electron chi connectivity index (χ4n) is 2.16. The summed E-state index contributed by atoms with van der Waals surface area (Å²) in [5.41, 5.74) is 0. The highest BCUT2D eigenvalue weighted by Crippen LogP contribution is 2.14. The number of ether oxygens (including phenoxy) is 1. The van der Waals surface area contributed by atoms with Crippen LogP contribution in [0.4, 0.5) is 0 Å². The van der Waals surface area contributed by atoms with E-state index in [4.69, 9.17) is 4.74 Å². The minimum atomic E-state index is 0. The van der Waals surface area contributed by atoms with Gasteiger partial charge in [0.2, 0.25) is 5.91 Å². The largest absolute Gasteiger partial charge is 0.376 e. The zero-order valence-corrected chi connectivity index (χ0v) is 11.7. The maximum atomic E-state index is 11.8. The predicted octanol–water partition coefficient (Wildman–Crippen LogP) is 0.797. The summed E-state index contributed by atoms with van der Waals surface area (Å²) >= 11 is 1.92. The Kier molecular flexibility index (Phi) is 6.62. The van der Waals surface area contributed by atoms with Crippen LogP contribution >= 0.6 is 24.2 Å². The highest BCUT2D eigenvalue weighted by atomic mass is 35.5. The molecule has 2 rings (SSSR count). The van der Waals surface area contributed by atoms with Crippen LogP contribution in [0.1, 0.15) is 19.8 Å². The summed E-state index contributed by atoms with van der Waals surface area (Å²) in [6.07, 6.45) is 1.70. The van der Waals surface area contributed by atoms with Crippen molar-refractivity contribution in [2.75, 3.05) is 24.7 Å². The van der Waals surface area contributed by atoms with Gasteiger partial charge in [-0.2, -0.15) is 11.8 Å². The fourth-order valence-corrected chi connectivity index (χ4v) is 3.11. The van der Waals surface area contributed by atoms with Gasteiger partial charge in [-0.15, -0.1) is 12.4 Å². The second kappa shape index (κ2) is 7.46. The molecule has 100 valence electrons. The molecule has 17 heavy (non-hydrogen) atoms. The number of rotatable bonds is 3. The molecule has 0 bridgehead atoms. The Labute approximate surface area is 113 Å². The number of carbonyl (C=O) groups is 1. The van der Waals surface area contributed by atoms with Crippen molar-refractivity contribution < 1.29 is 9.53 Å². The second-order valence-electron chi connectivity index (χ2n) is 4.47. The van der Waals surface area contributed by atoms with Crippen molar-refractivity contribution in [3.05, 3.63) is 0 Å². The highest BCUT2D eigenvalue weighted by Gasteiger charge is 2.26. The van der Waals surface area contributed by atoms with Crippen LogP contribution in [-0.2, 0) is 9.53 Å². The zero-order valence-electron chi connectivity index (χ0n) is 10.1. The lowest BCUT2D eigenvalue weighted by atomic mass is 10.1. The van der Waals surface area contributed by atoms with Gasteiger partial charge >= 0.3 is 0 Å². The molecule has 0 aliphatic carbocycles. The minimum Gasteiger partial charge on any atom is -0.376 e. The van der Waals surface area contributed by atoms with E-state index in [0.29, 0.717) is 12.5 Å². The lowest BCUT2D eigenvalue weighted by molar-refractivity contribution is -0.122. The molecule has 6 heteroatoms. The van der Waals surface area contributed by atoms with Crippen molar-refractivity contribution in [2.24, 2.45) is 0 Å².